The van der Waals surface area contributed by atoms with Crippen LogP contribution in [0.25, 0.3) is 0 Å². The predicted octanol–water partition coefficient (Wildman–Crippen LogP) is 4.29. The van der Waals surface area contributed by atoms with Crippen molar-refractivity contribution in [2.24, 2.45) is 5.92 Å². The van der Waals surface area contributed by atoms with E-state index in [0.29, 0.717) is 29.2 Å². The van der Waals surface area contributed by atoms with Crippen molar-refractivity contribution >= 4 is 5.69 Å². The standard InChI is InChI=1S/C20H23NO2/c21-20-18(23)10-7-13-11-17(12-5-8-14(22)9-6-12)15-3-1-2-4-16(15)19(13)20/h5-10,15-17,22-23H,1-4,11,21H2. The molecule has 4 rings (SSSR count). The highest BCUT2D eigenvalue weighted by atomic mass is 16.3. The number of phenols is 2. The SMILES string of the molecule is Nc1c(O)ccc2c1C1CCCCC1C(c1ccc(O)cc1)C2. The average Bonchev–Trinajstić information content (AvgIpc) is 2.58. The second kappa shape index (κ2) is 5.48. The van der Waals surface area contributed by atoms with Gasteiger partial charge >= 0.3 is 0 Å². The summed E-state index contributed by atoms with van der Waals surface area (Å²) in [6.45, 7) is 0. The van der Waals surface area contributed by atoms with Crippen LogP contribution in [0.15, 0.2) is 36.4 Å². The Hall–Kier alpha value is -2.16. The van der Waals surface area contributed by atoms with Crippen molar-refractivity contribution in [2.75, 3.05) is 5.73 Å². The molecule has 4 N–H and O–H groups in total. The van der Waals surface area contributed by atoms with E-state index >= 15 is 0 Å². The third-order valence-electron chi connectivity index (χ3n) is 5.82. The van der Waals surface area contributed by atoms with Crippen LogP contribution in [0.1, 0.15) is 54.2 Å². The van der Waals surface area contributed by atoms with E-state index in [-0.39, 0.29) is 5.75 Å². The van der Waals surface area contributed by atoms with Crippen LogP contribution < -0.4 is 5.73 Å². The van der Waals surface area contributed by atoms with Crippen LogP contribution in [-0.2, 0) is 6.42 Å². The number of nitrogens with two attached hydrogens (primary N) is 1. The van der Waals surface area contributed by atoms with Crippen LogP contribution in [0, 0.1) is 5.92 Å². The number of benzene rings is 2. The summed E-state index contributed by atoms with van der Waals surface area (Å²) in [5.41, 5.74) is 10.6. The zero-order valence-corrected chi connectivity index (χ0v) is 13.2. The molecule has 3 nitrogen and oxygen atoms in total. The fraction of sp³-hybridized carbons (Fsp3) is 0.400. The van der Waals surface area contributed by atoms with Crippen LogP contribution in [0.2, 0.25) is 0 Å². The average molecular weight is 309 g/mol. The second-order valence-electron chi connectivity index (χ2n) is 7.03. The van der Waals surface area contributed by atoms with Crippen molar-refractivity contribution in [2.45, 2.75) is 43.9 Å². The Labute approximate surface area is 136 Å². The molecular weight excluding hydrogens is 286 g/mol. The molecule has 0 spiro atoms. The molecule has 2 aromatic carbocycles. The Balaban J connectivity index is 1.81. The minimum Gasteiger partial charge on any atom is -0.508 e. The monoisotopic (exact) mass is 309 g/mol. The van der Waals surface area contributed by atoms with E-state index in [0.717, 1.165) is 12.8 Å². The fourth-order valence-corrected chi connectivity index (χ4v) is 4.76. The zero-order chi connectivity index (χ0) is 16.0. The fourth-order valence-electron chi connectivity index (χ4n) is 4.76. The van der Waals surface area contributed by atoms with Gasteiger partial charge in [-0.2, -0.15) is 0 Å². The molecule has 1 saturated carbocycles. The van der Waals surface area contributed by atoms with Crippen LogP contribution in [0.4, 0.5) is 5.69 Å². The highest BCUT2D eigenvalue weighted by molar-refractivity contribution is 5.63. The molecule has 2 aliphatic carbocycles. The lowest BCUT2D eigenvalue weighted by Crippen LogP contribution is -2.31. The predicted molar refractivity (Wildman–Crippen MR) is 91.8 cm³/mol. The van der Waals surface area contributed by atoms with Gasteiger partial charge in [0, 0.05) is 0 Å². The number of fused-ring (bicyclic) bond motifs is 3. The van der Waals surface area contributed by atoms with Crippen molar-refractivity contribution < 1.29 is 10.2 Å². The molecule has 0 amide bonds. The maximum absolute atomic E-state index is 10.0. The first-order chi connectivity index (χ1) is 11.1. The highest BCUT2D eigenvalue weighted by Crippen LogP contribution is 2.53. The van der Waals surface area contributed by atoms with Crippen molar-refractivity contribution in [1.82, 2.24) is 0 Å². The number of nitrogen functional groups attached to an aromatic ring is 1. The number of rotatable bonds is 1. The minimum atomic E-state index is 0.219. The topological polar surface area (TPSA) is 66.5 Å². The summed E-state index contributed by atoms with van der Waals surface area (Å²) in [5.74, 6) is 2.02. The van der Waals surface area contributed by atoms with Gasteiger partial charge in [-0.25, -0.2) is 0 Å². The molecule has 1 fully saturated rings. The minimum absolute atomic E-state index is 0.219. The Morgan fingerprint density at radius 3 is 2.39 bits per heavy atom. The Morgan fingerprint density at radius 2 is 1.61 bits per heavy atom. The molecular formula is C20H23NO2. The zero-order valence-electron chi connectivity index (χ0n) is 13.2. The van der Waals surface area contributed by atoms with E-state index in [9.17, 15) is 10.2 Å². The number of hydrogen-bond acceptors (Lipinski definition) is 3. The molecule has 0 radical (unpaired) electrons. The Kier molecular flexibility index (Phi) is 3.44. The quantitative estimate of drug-likeness (QED) is 0.543. The maximum Gasteiger partial charge on any atom is 0.138 e. The van der Waals surface area contributed by atoms with Gasteiger partial charge in [0.1, 0.15) is 11.5 Å². The highest BCUT2D eigenvalue weighted by Gasteiger charge is 2.40. The molecule has 2 aromatic rings. The first kappa shape index (κ1) is 14.4. The van der Waals surface area contributed by atoms with Gasteiger partial charge in [0.15, 0.2) is 0 Å². The van der Waals surface area contributed by atoms with Gasteiger partial charge in [0.05, 0.1) is 5.69 Å². The largest absolute Gasteiger partial charge is 0.508 e. The summed E-state index contributed by atoms with van der Waals surface area (Å²) in [5, 5.41) is 19.6. The molecule has 120 valence electrons. The maximum atomic E-state index is 10.0. The van der Waals surface area contributed by atoms with E-state index < -0.39 is 0 Å². The van der Waals surface area contributed by atoms with E-state index in [4.69, 9.17) is 5.73 Å². The molecule has 0 heterocycles. The third kappa shape index (κ3) is 2.35. The number of phenolic OH excluding ortho intramolecular Hbond substituents is 2. The summed E-state index contributed by atoms with van der Waals surface area (Å²) in [7, 11) is 0. The molecule has 0 saturated heterocycles. The summed E-state index contributed by atoms with van der Waals surface area (Å²) in [6.07, 6.45) is 5.83. The van der Waals surface area contributed by atoms with Crippen LogP contribution in [0.3, 0.4) is 0 Å². The van der Waals surface area contributed by atoms with Gasteiger partial charge < -0.3 is 15.9 Å². The van der Waals surface area contributed by atoms with Crippen molar-refractivity contribution in [3.05, 3.63) is 53.1 Å². The lowest BCUT2D eigenvalue weighted by Gasteiger charge is -2.43. The summed E-state index contributed by atoms with van der Waals surface area (Å²) in [6, 6.07) is 11.5. The smallest absolute Gasteiger partial charge is 0.138 e. The van der Waals surface area contributed by atoms with Crippen LogP contribution in [-0.4, -0.2) is 10.2 Å². The van der Waals surface area contributed by atoms with Crippen molar-refractivity contribution in [3.8, 4) is 11.5 Å². The molecule has 3 unspecified atom stereocenters. The van der Waals surface area contributed by atoms with Crippen molar-refractivity contribution in [1.29, 1.82) is 0 Å². The first-order valence-corrected chi connectivity index (χ1v) is 8.54. The lowest BCUT2D eigenvalue weighted by atomic mass is 9.61. The number of aromatic hydroxyl groups is 2. The van der Waals surface area contributed by atoms with E-state index in [2.05, 4.69) is 12.1 Å². The molecule has 23 heavy (non-hydrogen) atoms. The number of anilines is 1. The van der Waals surface area contributed by atoms with Gasteiger partial charge in [0.2, 0.25) is 0 Å². The van der Waals surface area contributed by atoms with Crippen LogP contribution in [0.5, 0.6) is 11.5 Å². The lowest BCUT2D eigenvalue weighted by molar-refractivity contribution is 0.243. The van der Waals surface area contributed by atoms with E-state index in [1.165, 1.54) is 36.0 Å². The van der Waals surface area contributed by atoms with Crippen molar-refractivity contribution in [3.63, 3.8) is 0 Å². The normalized spacial score (nSPS) is 26.3. The summed E-state index contributed by atoms with van der Waals surface area (Å²) in [4.78, 5) is 0. The third-order valence-corrected chi connectivity index (χ3v) is 5.82. The van der Waals surface area contributed by atoms with E-state index in [1.54, 1.807) is 18.2 Å². The Morgan fingerprint density at radius 1 is 0.870 bits per heavy atom. The first-order valence-electron chi connectivity index (χ1n) is 8.54. The van der Waals surface area contributed by atoms with Gasteiger partial charge in [-0.1, -0.05) is 31.0 Å². The molecule has 0 aliphatic heterocycles. The van der Waals surface area contributed by atoms with Gasteiger partial charge in [-0.05, 0) is 71.9 Å². The molecule has 0 aromatic heterocycles. The second-order valence-corrected chi connectivity index (χ2v) is 7.03. The van der Waals surface area contributed by atoms with Crippen LogP contribution >= 0.6 is 0 Å². The summed E-state index contributed by atoms with van der Waals surface area (Å²) >= 11 is 0. The van der Waals surface area contributed by atoms with Gasteiger partial charge in [-0.15, -0.1) is 0 Å². The number of hydrogen-bond donors (Lipinski definition) is 3. The van der Waals surface area contributed by atoms with Gasteiger partial charge in [-0.3, -0.25) is 0 Å². The van der Waals surface area contributed by atoms with Gasteiger partial charge in [0.25, 0.3) is 0 Å². The molecule has 0 bridgehead atoms. The molecule has 2 aliphatic rings. The Bertz CT molecular complexity index is 723. The molecule has 3 atom stereocenters. The molecule has 3 heteroatoms. The summed E-state index contributed by atoms with van der Waals surface area (Å²) < 4.78 is 0. The van der Waals surface area contributed by atoms with E-state index in [1.807, 2.05) is 6.07 Å².